The van der Waals surface area contributed by atoms with Gasteiger partial charge in [-0.25, -0.2) is 9.78 Å². The van der Waals surface area contributed by atoms with Crippen LogP contribution in [0.15, 0.2) is 53.5 Å². The predicted molar refractivity (Wildman–Crippen MR) is 187 cm³/mol. The minimum atomic E-state index is -1.29. The zero-order valence-electron chi connectivity index (χ0n) is 28.8. The number of aromatic nitrogens is 3. The zero-order chi connectivity index (χ0) is 34.7. The number of likely N-dealkylation sites (N-methyl/N-ethyl adjacent to an activating group) is 1. The number of hydrogen-bond donors (Lipinski definition) is 3. The Balaban J connectivity index is 1.87. The van der Waals surface area contributed by atoms with Crippen molar-refractivity contribution in [2.75, 3.05) is 38.4 Å². The third-order valence-electron chi connectivity index (χ3n) is 7.23. The number of amides is 3. The number of allylic oxidation sites excluding steroid dienone is 1. The summed E-state index contributed by atoms with van der Waals surface area (Å²) in [6, 6.07) is 9.30. The molecule has 0 spiro atoms. The molecule has 0 fully saturated rings. The number of hydrogen-bond acceptors (Lipinski definition) is 8. The number of rotatable bonds is 16. The van der Waals surface area contributed by atoms with Crippen LogP contribution in [-0.2, 0) is 32.3 Å². The molecule has 0 saturated carbocycles. The summed E-state index contributed by atoms with van der Waals surface area (Å²) in [7, 11) is 3.17. The number of pyridine rings is 1. The van der Waals surface area contributed by atoms with Crippen LogP contribution in [0.25, 0.3) is 11.0 Å². The Kier molecular flexibility index (Phi) is 13.3. The van der Waals surface area contributed by atoms with Gasteiger partial charge in [0, 0.05) is 41.0 Å². The summed E-state index contributed by atoms with van der Waals surface area (Å²) < 4.78 is 14.3. The van der Waals surface area contributed by atoms with Crippen molar-refractivity contribution < 1.29 is 23.9 Å². The first-order valence-corrected chi connectivity index (χ1v) is 19.5. The Morgan fingerprint density at radius 2 is 1.81 bits per heavy atom. The van der Waals surface area contributed by atoms with Gasteiger partial charge in [-0.1, -0.05) is 31.8 Å². The van der Waals surface area contributed by atoms with Crippen LogP contribution in [0.4, 0.5) is 16.2 Å². The lowest BCUT2D eigenvalue weighted by Gasteiger charge is -2.18. The Labute approximate surface area is 277 Å². The summed E-state index contributed by atoms with van der Waals surface area (Å²) in [6.07, 6.45) is 4.37. The number of ether oxygens (including phenoxy) is 2. The summed E-state index contributed by atoms with van der Waals surface area (Å²) in [5.74, 6) is -0.165. The number of benzene rings is 1. The normalized spacial score (nSPS) is 12.4. The fourth-order valence-corrected chi connectivity index (χ4v) is 5.37. The van der Waals surface area contributed by atoms with Crippen LogP contribution in [0, 0.1) is 0 Å². The van der Waals surface area contributed by atoms with Crippen LogP contribution >= 0.6 is 0 Å². The molecular weight excluding hydrogens is 618 g/mol. The van der Waals surface area contributed by atoms with Crippen molar-refractivity contribution in [2.45, 2.75) is 77.7 Å². The number of imidazole rings is 1. The molecule has 1 aromatic carbocycles. The maximum absolute atomic E-state index is 13.6. The minimum absolute atomic E-state index is 0.0451. The Morgan fingerprint density at radius 3 is 2.47 bits per heavy atom. The van der Waals surface area contributed by atoms with Gasteiger partial charge in [-0.3, -0.25) is 14.4 Å². The monoisotopic (exact) mass is 667 g/mol. The van der Waals surface area contributed by atoms with E-state index in [-0.39, 0.29) is 37.3 Å². The smallest absolute Gasteiger partial charge is 0.407 e. The van der Waals surface area contributed by atoms with E-state index in [1.165, 1.54) is 28.7 Å². The van der Waals surface area contributed by atoms with E-state index in [2.05, 4.69) is 54.2 Å². The zero-order valence-corrected chi connectivity index (χ0v) is 29.8. The van der Waals surface area contributed by atoms with E-state index in [9.17, 15) is 19.2 Å². The number of carbonyl (C=O) groups is 3. The molecule has 3 aromatic rings. The van der Waals surface area contributed by atoms with Crippen molar-refractivity contribution >= 4 is 48.4 Å². The summed E-state index contributed by atoms with van der Waals surface area (Å²) in [6.45, 7) is 12.1. The highest BCUT2D eigenvalue weighted by Crippen LogP contribution is 2.25. The number of carbonyl (C=O) groups excluding carboxylic acids is 3. The fraction of sp³-hybridized carbons (Fsp3) is 0.485. The summed E-state index contributed by atoms with van der Waals surface area (Å²) >= 11 is 0. The lowest BCUT2D eigenvalue weighted by molar-refractivity contribution is -0.123. The Hall–Kier alpha value is -4.43. The van der Waals surface area contributed by atoms with Gasteiger partial charge in [-0.05, 0) is 63.1 Å². The number of fused-ring (bicyclic) bond motifs is 1. The van der Waals surface area contributed by atoms with Crippen LogP contribution in [0.3, 0.4) is 0 Å². The second-order valence-corrected chi connectivity index (χ2v) is 18.6. The molecule has 0 aliphatic heterocycles. The fourth-order valence-electron chi connectivity index (χ4n) is 4.62. The first-order chi connectivity index (χ1) is 22.2. The molecule has 47 heavy (non-hydrogen) atoms. The molecule has 14 heteroatoms. The largest absolute Gasteiger partial charge is 0.453 e. The molecule has 0 radical (unpaired) electrons. The Bertz CT molecular complexity index is 1620. The maximum Gasteiger partial charge on any atom is 0.407 e. The SMILES string of the molecule is COC(=O)N[C@@H](CC/C=C/C(=O)N(C)C)C(=O)Nc1cccn(Cc2nc3c(NC(C)C)cccc3n2COCC[Si](C)(C)C)c1=O. The van der Waals surface area contributed by atoms with Crippen LogP contribution in [0.1, 0.15) is 32.5 Å². The van der Waals surface area contributed by atoms with Gasteiger partial charge in [0.25, 0.3) is 5.56 Å². The number of methoxy groups -OCH3 is 1. The minimum Gasteiger partial charge on any atom is -0.453 e. The molecule has 0 saturated heterocycles. The second kappa shape index (κ2) is 16.9. The summed E-state index contributed by atoms with van der Waals surface area (Å²) in [5.41, 5.74) is 2.16. The van der Waals surface area contributed by atoms with Gasteiger partial charge >= 0.3 is 6.09 Å². The van der Waals surface area contributed by atoms with Crippen LogP contribution in [-0.4, -0.2) is 84.9 Å². The number of para-hydroxylation sites is 1. The van der Waals surface area contributed by atoms with Crippen molar-refractivity contribution in [2.24, 2.45) is 0 Å². The van der Waals surface area contributed by atoms with E-state index in [0.717, 1.165) is 22.8 Å². The second-order valence-electron chi connectivity index (χ2n) is 13.0. The highest BCUT2D eigenvalue weighted by atomic mass is 28.3. The van der Waals surface area contributed by atoms with Gasteiger partial charge in [-0.2, -0.15) is 0 Å². The molecule has 3 N–H and O–H groups in total. The first-order valence-electron chi connectivity index (χ1n) is 15.7. The van der Waals surface area contributed by atoms with Crippen molar-refractivity contribution in [3.8, 4) is 0 Å². The van der Waals surface area contributed by atoms with E-state index in [1.54, 1.807) is 32.4 Å². The lowest BCUT2D eigenvalue weighted by atomic mass is 10.1. The summed E-state index contributed by atoms with van der Waals surface area (Å²) in [4.78, 5) is 57.1. The van der Waals surface area contributed by atoms with E-state index in [4.69, 9.17) is 9.72 Å². The molecule has 0 unspecified atom stereocenters. The average Bonchev–Trinajstić information content (AvgIpc) is 3.35. The van der Waals surface area contributed by atoms with Gasteiger partial charge in [0.05, 0.1) is 24.9 Å². The van der Waals surface area contributed by atoms with Crippen LogP contribution < -0.4 is 21.5 Å². The summed E-state index contributed by atoms with van der Waals surface area (Å²) in [5, 5.41) is 8.62. The first kappa shape index (κ1) is 37.0. The Morgan fingerprint density at radius 1 is 1.09 bits per heavy atom. The molecule has 2 aromatic heterocycles. The van der Waals surface area contributed by atoms with Gasteiger partial charge < -0.3 is 39.5 Å². The molecule has 0 aliphatic carbocycles. The number of nitrogens with zero attached hydrogens (tertiary/aromatic N) is 4. The molecule has 3 amide bonds. The van der Waals surface area contributed by atoms with E-state index in [1.807, 2.05) is 22.8 Å². The van der Waals surface area contributed by atoms with Crippen molar-refractivity contribution in [1.82, 2.24) is 24.3 Å². The standard InChI is InChI=1S/C33H49N7O6Si/c1-23(2)34-24-14-11-16-27-30(24)37-28(40(27)22-46-19-20-47(6,7)8)21-39-18-12-15-26(32(39)43)35-31(42)25(36-33(44)45-5)13-9-10-17-29(41)38(3)4/h10-12,14-18,23,25,34H,9,13,19-22H2,1-8H3,(H,35,42)(H,36,44)/b17-10+/t25-/m0/s1. The third-order valence-corrected chi connectivity index (χ3v) is 8.93. The van der Waals surface area contributed by atoms with Crippen molar-refractivity contribution in [1.29, 1.82) is 0 Å². The molecule has 2 heterocycles. The molecule has 1 atom stereocenters. The molecule has 256 valence electrons. The van der Waals surface area contributed by atoms with Crippen LogP contribution in [0.2, 0.25) is 25.7 Å². The van der Waals surface area contributed by atoms with Crippen LogP contribution in [0.5, 0.6) is 0 Å². The van der Waals surface area contributed by atoms with Gasteiger partial charge in [0.2, 0.25) is 11.8 Å². The maximum atomic E-state index is 13.6. The molecule has 0 aliphatic rings. The molecule has 0 bridgehead atoms. The molecule has 3 rings (SSSR count). The predicted octanol–water partition coefficient (Wildman–Crippen LogP) is 4.47. The molecular formula is C33H49N7O6Si. The quantitative estimate of drug-likeness (QED) is 0.115. The third kappa shape index (κ3) is 11.1. The van der Waals surface area contributed by atoms with Gasteiger partial charge in [0.15, 0.2) is 0 Å². The highest BCUT2D eigenvalue weighted by molar-refractivity contribution is 6.76. The number of nitrogens with one attached hydrogen (secondary N) is 3. The van der Waals surface area contributed by atoms with Crippen molar-refractivity contribution in [3.63, 3.8) is 0 Å². The number of anilines is 2. The molecule has 13 nitrogen and oxygen atoms in total. The number of alkyl carbamates (subject to hydrolysis) is 1. The lowest BCUT2D eigenvalue weighted by Crippen LogP contribution is -2.44. The van der Waals surface area contributed by atoms with E-state index >= 15 is 0 Å². The average molecular weight is 668 g/mol. The topological polar surface area (TPSA) is 149 Å². The van der Waals surface area contributed by atoms with E-state index in [0.29, 0.717) is 18.9 Å². The highest BCUT2D eigenvalue weighted by Gasteiger charge is 2.23. The van der Waals surface area contributed by atoms with Gasteiger partial charge in [-0.15, -0.1) is 0 Å². The van der Waals surface area contributed by atoms with Gasteiger partial charge in [0.1, 0.15) is 29.8 Å². The van der Waals surface area contributed by atoms with Crippen molar-refractivity contribution in [3.05, 3.63) is 64.9 Å². The van der Waals surface area contributed by atoms with E-state index < -0.39 is 31.7 Å².